The van der Waals surface area contributed by atoms with Crippen LogP contribution in [0.2, 0.25) is 0 Å². The number of aromatic nitrogens is 2. The maximum absolute atomic E-state index is 2.14. The average Bonchev–Trinajstić information content (AvgIpc) is 3.05. The molecule has 2 aromatic heterocycles. The zero-order chi connectivity index (χ0) is 13.9. The van der Waals surface area contributed by atoms with Crippen molar-refractivity contribution >= 4 is 43.1 Å². The lowest BCUT2D eigenvalue weighted by Crippen LogP contribution is -3.00. The van der Waals surface area contributed by atoms with E-state index in [2.05, 4.69) is 82.8 Å². The first-order valence-corrected chi connectivity index (χ1v) is 8.15. The minimum Gasteiger partial charge on any atom is -1.00 e. The monoisotopic (exact) mass is 554 g/mol. The van der Waals surface area contributed by atoms with Gasteiger partial charge in [0.2, 0.25) is 22.1 Å². The fraction of sp³-hybridized carbons (Fsp3) is 0.125. The highest BCUT2D eigenvalue weighted by Crippen LogP contribution is 2.14. The van der Waals surface area contributed by atoms with Crippen LogP contribution in [-0.4, -0.2) is 0 Å². The van der Waals surface area contributed by atoms with Crippen molar-refractivity contribution in [2.24, 2.45) is 14.1 Å². The second kappa shape index (κ2) is 9.09. The van der Waals surface area contributed by atoms with E-state index in [1.165, 1.54) is 20.4 Å². The van der Waals surface area contributed by atoms with E-state index >= 15 is 0 Å². The summed E-state index contributed by atoms with van der Waals surface area (Å²) in [4.78, 5) is 0. The first-order chi connectivity index (χ1) is 9.75. The summed E-state index contributed by atoms with van der Waals surface area (Å²) in [5, 5.41) is 0. The van der Waals surface area contributed by atoms with Crippen molar-refractivity contribution in [1.82, 2.24) is 0 Å². The molecule has 2 heterocycles. The van der Waals surface area contributed by atoms with Gasteiger partial charge in [0.25, 0.3) is 0 Å². The second-order valence-corrected chi connectivity index (χ2v) is 6.38. The number of rotatable bonds is 0. The molecule has 2 aromatic carbocycles. The first kappa shape index (κ1) is 19.7. The quantitative estimate of drug-likeness (QED) is 0.167. The zero-order valence-electron chi connectivity index (χ0n) is 12.2. The van der Waals surface area contributed by atoms with Crippen molar-refractivity contribution in [2.45, 2.75) is 0 Å². The SMILES string of the molecule is C[n+]1csc2ccccc21.C[n+]1csc2ccccc21.[I-].[I-]. The van der Waals surface area contributed by atoms with Crippen molar-refractivity contribution in [1.29, 1.82) is 0 Å². The molecule has 2 nitrogen and oxygen atoms in total. The minimum absolute atomic E-state index is 0. The molecule has 0 amide bonds. The van der Waals surface area contributed by atoms with E-state index in [0.29, 0.717) is 0 Å². The molecule has 0 bridgehead atoms. The van der Waals surface area contributed by atoms with Gasteiger partial charge >= 0.3 is 0 Å². The van der Waals surface area contributed by atoms with Crippen molar-refractivity contribution in [3.63, 3.8) is 0 Å². The van der Waals surface area contributed by atoms with Gasteiger partial charge in [-0.25, -0.2) is 0 Å². The molecule has 116 valence electrons. The Bertz CT molecular complexity index is 783. The van der Waals surface area contributed by atoms with Crippen LogP contribution in [0.25, 0.3) is 20.4 Å². The van der Waals surface area contributed by atoms with Gasteiger partial charge in [0.1, 0.15) is 23.5 Å². The summed E-state index contributed by atoms with van der Waals surface area (Å²) in [6.07, 6.45) is 0. The third-order valence-corrected chi connectivity index (χ3v) is 5.21. The molecule has 0 fully saturated rings. The Hall–Kier alpha value is -0.320. The number of hydrogen-bond donors (Lipinski definition) is 0. The van der Waals surface area contributed by atoms with Crippen molar-refractivity contribution in [3.05, 3.63) is 59.6 Å². The molecular formula is C16H16I2N2S2. The van der Waals surface area contributed by atoms with Crippen LogP contribution in [0.15, 0.2) is 59.6 Å². The number of hydrogen-bond acceptors (Lipinski definition) is 2. The standard InChI is InChI=1S/2C8H8NS.2HI/c2*1-9-6-10-8-5-3-2-4-7(8)9;;/h2*2-6H,1H3;2*1H/q2*+1;;/p-2. The Morgan fingerprint density at radius 1 is 0.636 bits per heavy atom. The highest BCUT2D eigenvalue weighted by molar-refractivity contribution is 7.16. The molecule has 0 saturated heterocycles. The highest BCUT2D eigenvalue weighted by atomic mass is 127. The lowest BCUT2D eigenvalue weighted by Gasteiger charge is -1.80. The van der Waals surface area contributed by atoms with Gasteiger partial charge in [-0.1, -0.05) is 46.9 Å². The molecule has 0 N–H and O–H groups in total. The summed E-state index contributed by atoms with van der Waals surface area (Å²) in [5.41, 5.74) is 6.86. The third-order valence-electron chi connectivity index (χ3n) is 3.17. The molecule has 0 saturated carbocycles. The van der Waals surface area contributed by atoms with Crippen molar-refractivity contribution in [3.8, 4) is 0 Å². The predicted molar refractivity (Wildman–Crippen MR) is 86.0 cm³/mol. The fourth-order valence-electron chi connectivity index (χ4n) is 2.08. The Kier molecular flexibility index (Phi) is 8.15. The van der Waals surface area contributed by atoms with E-state index in [-0.39, 0.29) is 48.0 Å². The summed E-state index contributed by atoms with van der Waals surface area (Å²) >= 11 is 3.55. The fourth-order valence-corrected chi connectivity index (χ4v) is 3.83. The predicted octanol–water partition coefficient (Wildman–Crippen LogP) is -2.54. The van der Waals surface area contributed by atoms with Crippen LogP contribution in [0.4, 0.5) is 0 Å². The van der Waals surface area contributed by atoms with Crippen LogP contribution in [0.5, 0.6) is 0 Å². The number of aryl methyl sites for hydroxylation is 2. The van der Waals surface area contributed by atoms with Gasteiger partial charge in [-0.3, -0.25) is 0 Å². The van der Waals surface area contributed by atoms with E-state index in [9.17, 15) is 0 Å². The average molecular weight is 554 g/mol. The molecule has 0 aliphatic rings. The molecule has 4 aromatic rings. The van der Waals surface area contributed by atoms with Crippen LogP contribution in [-0.2, 0) is 14.1 Å². The number of nitrogens with zero attached hydrogens (tertiary/aromatic N) is 2. The lowest BCUT2D eigenvalue weighted by molar-refractivity contribution is -0.640. The smallest absolute Gasteiger partial charge is 0.225 e. The van der Waals surface area contributed by atoms with Crippen molar-refractivity contribution in [2.75, 3.05) is 0 Å². The molecule has 22 heavy (non-hydrogen) atoms. The maximum Gasteiger partial charge on any atom is 0.225 e. The topological polar surface area (TPSA) is 7.76 Å². The first-order valence-electron chi connectivity index (χ1n) is 6.39. The Morgan fingerprint density at radius 2 is 1.00 bits per heavy atom. The molecule has 0 spiro atoms. The summed E-state index contributed by atoms with van der Waals surface area (Å²) in [5.74, 6) is 0. The molecule has 0 atom stereocenters. The highest BCUT2D eigenvalue weighted by Gasteiger charge is 2.04. The van der Waals surface area contributed by atoms with Gasteiger partial charge in [0.05, 0.1) is 0 Å². The molecule has 0 aliphatic heterocycles. The number of fused-ring (bicyclic) bond motifs is 2. The molecule has 4 rings (SSSR count). The van der Waals surface area contributed by atoms with E-state index in [0.717, 1.165) is 0 Å². The van der Waals surface area contributed by atoms with Gasteiger partial charge in [-0.05, 0) is 12.1 Å². The Morgan fingerprint density at radius 3 is 1.36 bits per heavy atom. The zero-order valence-corrected chi connectivity index (χ0v) is 18.2. The normalized spacial score (nSPS) is 9.55. The van der Waals surface area contributed by atoms with Gasteiger partial charge in [0, 0.05) is 12.1 Å². The number of benzene rings is 2. The van der Waals surface area contributed by atoms with Crippen LogP contribution < -0.4 is 57.1 Å². The largest absolute Gasteiger partial charge is 1.00 e. The lowest BCUT2D eigenvalue weighted by atomic mass is 10.3. The van der Waals surface area contributed by atoms with E-state index in [1.54, 1.807) is 22.7 Å². The maximum atomic E-state index is 2.14. The van der Waals surface area contributed by atoms with Crippen LogP contribution >= 0.6 is 22.7 Å². The second-order valence-electron chi connectivity index (χ2n) is 4.60. The number of para-hydroxylation sites is 2. The third kappa shape index (κ3) is 4.36. The molecule has 6 heteroatoms. The van der Waals surface area contributed by atoms with Gasteiger partial charge < -0.3 is 48.0 Å². The van der Waals surface area contributed by atoms with E-state index in [1.807, 2.05) is 0 Å². The Labute approximate surface area is 172 Å². The van der Waals surface area contributed by atoms with Crippen LogP contribution in [0, 0.1) is 0 Å². The Balaban J connectivity index is 0.000000202. The molecule has 0 unspecified atom stereocenters. The van der Waals surface area contributed by atoms with E-state index < -0.39 is 0 Å². The summed E-state index contributed by atoms with van der Waals surface area (Å²) < 4.78 is 6.98. The van der Waals surface area contributed by atoms with Gasteiger partial charge in [-0.15, -0.1) is 0 Å². The van der Waals surface area contributed by atoms with Gasteiger partial charge in [0.15, 0.2) is 0 Å². The van der Waals surface area contributed by atoms with Crippen LogP contribution in [0.1, 0.15) is 0 Å². The summed E-state index contributed by atoms with van der Waals surface area (Å²) in [7, 11) is 4.14. The van der Waals surface area contributed by atoms with E-state index in [4.69, 9.17) is 0 Å². The number of halogens is 2. The molecule has 0 aliphatic carbocycles. The molecule has 0 radical (unpaired) electrons. The van der Waals surface area contributed by atoms with Crippen LogP contribution in [0.3, 0.4) is 0 Å². The van der Waals surface area contributed by atoms with Crippen molar-refractivity contribution < 1.29 is 57.1 Å². The molecular weight excluding hydrogens is 538 g/mol. The van der Waals surface area contributed by atoms with Gasteiger partial charge in [-0.2, -0.15) is 9.13 Å². The summed E-state index contributed by atoms with van der Waals surface area (Å²) in [6, 6.07) is 16.8. The number of thiazole rings is 2. The minimum atomic E-state index is 0. The summed E-state index contributed by atoms with van der Waals surface area (Å²) in [6.45, 7) is 0.